The Kier molecular flexibility index (Phi) is 3.67. The van der Waals surface area contributed by atoms with Gasteiger partial charge in [-0.2, -0.15) is 0 Å². The number of hydrogen-bond acceptors (Lipinski definition) is 6. The summed E-state index contributed by atoms with van der Waals surface area (Å²) in [7, 11) is 1.86. The fourth-order valence-corrected chi connectivity index (χ4v) is 3.32. The second-order valence-corrected chi connectivity index (χ2v) is 5.99. The molecule has 2 aromatic heterocycles. The maximum atomic E-state index is 4.79. The van der Waals surface area contributed by atoms with E-state index in [1.165, 1.54) is 11.3 Å². The van der Waals surface area contributed by atoms with Gasteiger partial charge in [0.1, 0.15) is 0 Å². The molecule has 1 aliphatic rings. The highest BCUT2D eigenvalue weighted by Crippen LogP contribution is 2.31. The van der Waals surface area contributed by atoms with Crippen LogP contribution in [0.4, 0.5) is 5.13 Å². The van der Waals surface area contributed by atoms with Crippen LogP contribution in [0.5, 0.6) is 0 Å². The molecule has 3 heterocycles. The van der Waals surface area contributed by atoms with Crippen molar-refractivity contribution in [1.29, 1.82) is 0 Å². The summed E-state index contributed by atoms with van der Waals surface area (Å²) in [6.07, 6.45) is 1.04. The van der Waals surface area contributed by atoms with Gasteiger partial charge in [0, 0.05) is 43.5 Å². The van der Waals surface area contributed by atoms with Crippen molar-refractivity contribution in [3.05, 3.63) is 23.0 Å². The molecule has 2 aromatic rings. The number of rotatable bonds is 3. The van der Waals surface area contributed by atoms with E-state index in [-0.39, 0.29) is 0 Å². The Labute approximate surface area is 123 Å². The molecule has 6 heteroatoms. The Morgan fingerprint density at radius 2 is 2.25 bits per heavy atom. The van der Waals surface area contributed by atoms with Gasteiger partial charge in [-0.3, -0.25) is 9.88 Å². The van der Waals surface area contributed by atoms with Crippen molar-refractivity contribution in [3.63, 3.8) is 0 Å². The standard InChI is InChI=1S/C14H19N5S/c1-4-19-6-5-12-10(8-19)7-11(9(2)16-12)13-17-18-14(15-3)20-13/h7H,4-6,8H2,1-3H3,(H,15,18). The largest absolute Gasteiger partial charge is 0.363 e. The molecule has 0 fully saturated rings. The summed E-state index contributed by atoms with van der Waals surface area (Å²) in [5.41, 5.74) is 4.74. The maximum Gasteiger partial charge on any atom is 0.205 e. The number of fused-ring (bicyclic) bond motifs is 1. The third-order valence-corrected chi connectivity index (χ3v) is 4.73. The van der Waals surface area contributed by atoms with Crippen LogP contribution in [-0.4, -0.2) is 40.2 Å². The number of aryl methyl sites for hydroxylation is 1. The molecule has 3 rings (SSSR count). The first kappa shape index (κ1) is 13.5. The molecule has 0 saturated heterocycles. The summed E-state index contributed by atoms with van der Waals surface area (Å²) in [6.45, 7) is 7.45. The lowest BCUT2D eigenvalue weighted by molar-refractivity contribution is 0.265. The van der Waals surface area contributed by atoms with Crippen molar-refractivity contribution in [3.8, 4) is 10.6 Å². The molecule has 0 saturated carbocycles. The van der Waals surface area contributed by atoms with E-state index in [1.807, 2.05) is 7.05 Å². The molecule has 0 unspecified atom stereocenters. The Morgan fingerprint density at radius 1 is 1.40 bits per heavy atom. The molecule has 0 amide bonds. The zero-order valence-corrected chi connectivity index (χ0v) is 12.9. The predicted molar refractivity (Wildman–Crippen MR) is 82.1 cm³/mol. The van der Waals surface area contributed by atoms with Crippen LogP contribution in [0.2, 0.25) is 0 Å². The van der Waals surface area contributed by atoms with Crippen LogP contribution in [0, 0.1) is 6.92 Å². The van der Waals surface area contributed by atoms with Gasteiger partial charge in [0.05, 0.1) is 0 Å². The highest BCUT2D eigenvalue weighted by molar-refractivity contribution is 7.18. The Morgan fingerprint density at radius 3 is 2.95 bits per heavy atom. The normalized spacial score (nSPS) is 15.2. The molecule has 0 radical (unpaired) electrons. The van der Waals surface area contributed by atoms with E-state index in [0.29, 0.717) is 0 Å². The number of anilines is 1. The van der Waals surface area contributed by atoms with Crippen LogP contribution in [0.3, 0.4) is 0 Å². The molecule has 0 aromatic carbocycles. The Balaban J connectivity index is 2.00. The second-order valence-electron chi connectivity index (χ2n) is 5.01. The van der Waals surface area contributed by atoms with Crippen molar-refractivity contribution in [2.45, 2.75) is 26.8 Å². The molecular weight excluding hydrogens is 270 g/mol. The van der Waals surface area contributed by atoms with Gasteiger partial charge in [0.25, 0.3) is 0 Å². The minimum absolute atomic E-state index is 0.840. The monoisotopic (exact) mass is 289 g/mol. The fourth-order valence-electron chi connectivity index (χ4n) is 2.55. The van der Waals surface area contributed by atoms with Gasteiger partial charge in [-0.05, 0) is 25.1 Å². The van der Waals surface area contributed by atoms with E-state index in [0.717, 1.165) is 47.5 Å². The van der Waals surface area contributed by atoms with Crippen molar-refractivity contribution in [2.24, 2.45) is 0 Å². The summed E-state index contributed by atoms with van der Waals surface area (Å²) >= 11 is 1.57. The fraction of sp³-hybridized carbons (Fsp3) is 0.500. The lowest BCUT2D eigenvalue weighted by atomic mass is 10.0. The Hall–Kier alpha value is -1.53. The minimum Gasteiger partial charge on any atom is -0.363 e. The van der Waals surface area contributed by atoms with Crippen molar-refractivity contribution < 1.29 is 0 Å². The zero-order valence-electron chi connectivity index (χ0n) is 12.1. The molecule has 0 bridgehead atoms. The first-order valence-electron chi connectivity index (χ1n) is 6.94. The number of hydrogen-bond donors (Lipinski definition) is 1. The second kappa shape index (κ2) is 5.46. The number of nitrogens with one attached hydrogen (secondary N) is 1. The van der Waals surface area contributed by atoms with Crippen molar-refractivity contribution >= 4 is 16.5 Å². The molecule has 106 valence electrons. The lowest BCUT2D eigenvalue weighted by Crippen LogP contribution is -2.31. The van der Waals surface area contributed by atoms with Gasteiger partial charge < -0.3 is 5.32 Å². The highest BCUT2D eigenvalue weighted by Gasteiger charge is 2.19. The average Bonchev–Trinajstić information content (AvgIpc) is 2.94. The minimum atomic E-state index is 0.840. The summed E-state index contributed by atoms with van der Waals surface area (Å²) < 4.78 is 0. The summed E-state index contributed by atoms with van der Waals surface area (Å²) in [4.78, 5) is 7.23. The molecule has 0 atom stereocenters. The lowest BCUT2D eigenvalue weighted by Gasteiger charge is -2.27. The van der Waals surface area contributed by atoms with E-state index in [2.05, 4.69) is 40.3 Å². The van der Waals surface area contributed by atoms with Gasteiger partial charge in [0.15, 0.2) is 5.01 Å². The molecule has 1 aliphatic heterocycles. The molecule has 1 N–H and O–H groups in total. The number of pyridine rings is 1. The van der Waals surface area contributed by atoms with Crippen LogP contribution in [0.25, 0.3) is 10.6 Å². The predicted octanol–water partition coefficient (Wildman–Crippen LogP) is 2.33. The van der Waals surface area contributed by atoms with Crippen LogP contribution in [0.15, 0.2) is 6.07 Å². The van der Waals surface area contributed by atoms with Crippen molar-refractivity contribution in [2.75, 3.05) is 25.5 Å². The molecule has 20 heavy (non-hydrogen) atoms. The quantitative estimate of drug-likeness (QED) is 0.940. The van der Waals surface area contributed by atoms with Crippen LogP contribution < -0.4 is 5.32 Å². The summed E-state index contributed by atoms with van der Waals surface area (Å²) in [6, 6.07) is 2.25. The number of aromatic nitrogens is 3. The van der Waals surface area contributed by atoms with E-state index in [9.17, 15) is 0 Å². The van der Waals surface area contributed by atoms with Crippen LogP contribution in [-0.2, 0) is 13.0 Å². The zero-order chi connectivity index (χ0) is 14.1. The third kappa shape index (κ3) is 2.41. The first-order chi connectivity index (χ1) is 9.71. The van der Waals surface area contributed by atoms with Gasteiger partial charge in [0.2, 0.25) is 5.13 Å². The smallest absolute Gasteiger partial charge is 0.205 e. The SMILES string of the molecule is CCN1CCc2nc(C)c(-c3nnc(NC)s3)cc2C1. The van der Waals surface area contributed by atoms with E-state index >= 15 is 0 Å². The number of likely N-dealkylation sites (N-methyl/N-ethyl adjacent to an activating group) is 1. The topological polar surface area (TPSA) is 53.9 Å². The molecular formula is C14H19N5S. The van der Waals surface area contributed by atoms with Gasteiger partial charge >= 0.3 is 0 Å². The van der Waals surface area contributed by atoms with Gasteiger partial charge in [-0.15, -0.1) is 10.2 Å². The van der Waals surface area contributed by atoms with E-state index in [1.54, 1.807) is 11.3 Å². The maximum absolute atomic E-state index is 4.79. The first-order valence-corrected chi connectivity index (χ1v) is 7.76. The third-order valence-electron chi connectivity index (χ3n) is 3.76. The van der Waals surface area contributed by atoms with Gasteiger partial charge in [-0.1, -0.05) is 18.3 Å². The average molecular weight is 289 g/mol. The summed E-state index contributed by atoms with van der Waals surface area (Å²) in [5.74, 6) is 0. The van der Waals surface area contributed by atoms with E-state index < -0.39 is 0 Å². The molecule has 0 spiro atoms. The van der Waals surface area contributed by atoms with E-state index in [4.69, 9.17) is 4.98 Å². The van der Waals surface area contributed by atoms with Crippen LogP contribution >= 0.6 is 11.3 Å². The summed E-state index contributed by atoms with van der Waals surface area (Å²) in [5, 5.41) is 13.2. The highest BCUT2D eigenvalue weighted by atomic mass is 32.1. The number of nitrogens with zero attached hydrogens (tertiary/aromatic N) is 4. The van der Waals surface area contributed by atoms with Gasteiger partial charge in [-0.25, -0.2) is 0 Å². The molecule has 0 aliphatic carbocycles. The molecule has 5 nitrogen and oxygen atoms in total. The van der Waals surface area contributed by atoms with Crippen molar-refractivity contribution in [1.82, 2.24) is 20.1 Å². The Bertz CT molecular complexity index is 622. The van der Waals surface area contributed by atoms with Crippen LogP contribution in [0.1, 0.15) is 23.9 Å².